The molecule has 144 valence electrons. The van der Waals surface area contributed by atoms with Gasteiger partial charge in [-0.15, -0.1) is 0 Å². The Morgan fingerprint density at radius 1 is 1.36 bits per heavy atom. The second-order valence-electron chi connectivity index (χ2n) is 5.56. The summed E-state index contributed by atoms with van der Waals surface area (Å²) in [5, 5.41) is 13.9. The quantitative estimate of drug-likeness (QED) is 0.312. The zero-order valence-corrected chi connectivity index (χ0v) is 16.8. The average molecular weight is 437 g/mol. The van der Waals surface area contributed by atoms with Crippen LogP contribution >= 0.6 is 35.6 Å². The molecule has 28 heavy (non-hydrogen) atoms. The molecule has 1 aliphatic heterocycles. The average Bonchev–Trinajstić information content (AvgIpc) is 2.97. The highest BCUT2D eigenvalue weighted by Gasteiger charge is 2.23. The minimum absolute atomic E-state index is 0.0424. The molecular formula is C18H13ClN2O5S2. The van der Waals surface area contributed by atoms with E-state index in [9.17, 15) is 14.9 Å². The summed E-state index contributed by atoms with van der Waals surface area (Å²) in [6.45, 7) is -0.0554. The van der Waals surface area contributed by atoms with Crippen molar-refractivity contribution in [1.29, 1.82) is 0 Å². The minimum Gasteiger partial charge on any atom is -0.493 e. The van der Waals surface area contributed by atoms with Crippen LogP contribution in [0.15, 0.2) is 41.3 Å². The monoisotopic (exact) mass is 436 g/mol. The number of hydrogen-bond acceptors (Lipinski definition) is 7. The fraction of sp³-hybridized carbons (Fsp3) is 0.111. The molecule has 0 aliphatic carbocycles. The van der Waals surface area contributed by atoms with E-state index in [4.69, 9.17) is 33.3 Å². The molecule has 7 nitrogen and oxygen atoms in total. The van der Waals surface area contributed by atoms with Gasteiger partial charge in [-0.1, -0.05) is 47.7 Å². The van der Waals surface area contributed by atoms with E-state index in [1.165, 1.54) is 13.2 Å². The number of carbonyl (C=O) groups is 1. The van der Waals surface area contributed by atoms with Gasteiger partial charge in [0.15, 0.2) is 11.5 Å². The van der Waals surface area contributed by atoms with Crippen molar-refractivity contribution in [2.75, 3.05) is 7.11 Å². The number of thioether (sulfide) groups is 1. The Labute approximate surface area is 174 Å². The Morgan fingerprint density at radius 3 is 2.75 bits per heavy atom. The van der Waals surface area contributed by atoms with Gasteiger partial charge in [0.05, 0.1) is 27.5 Å². The van der Waals surface area contributed by atoms with E-state index in [0.717, 1.165) is 11.8 Å². The normalized spacial score (nSPS) is 14.9. The molecule has 1 heterocycles. The number of methoxy groups -OCH3 is 1. The summed E-state index contributed by atoms with van der Waals surface area (Å²) in [6.07, 6.45) is 1.64. The van der Waals surface area contributed by atoms with Crippen LogP contribution in [0.1, 0.15) is 11.1 Å². The highest BCUT2D eigenvalue weighted by Crippen LogP contribution is 2.38. The van der Waals surface area contributed by atoms with E-state index >= 15 is 0 Å². The zero-order chi connectivity index (χ0) is 20.3. The lowest BCUT2D eigenvalue weighted by molar-refractivity contribution is -0.385. The van der Waals surface area contributed by atoms with Gasteiger partial charge in [0.1, 0.15) is 10.9 Å². The number of carbonyl (C=O) groups excluding carboxylic acids is 1. The molecule has 0 bridgehead atoms. The third-order valence-electron chi connectivity index (χ3n) is 3.75. The molecule has 0 saturated carbocycles. The first-order valence-corrected chi connectivity index (χ1v) is 9.47. The van der Waals surface area contributed by atoms with Crippen LogP contribution in [-0.2, 0) is 11.4 Å². The Morgan fingerprint density at radius 2 is 2.11 bits per heavy atom. The molecule has 0 spiro atoms. The van der Waals surface area contributed by atoms with Gasteiger partial charge in [0.2, 0.25) is 0 Å². The number of nitro groups is 1. The number of benzene rings is 2. The van der Waals surface area contributed by atoms with Crippen molar-refractivity contribution in [3.63, 3.8) is 0 Å². The maximum atomic E-state index is 11.8. The van der Waals surface area contributed by atoms with Crippen LogP contribution in [0.25, 0.3) is 6.08 Å². The number of rotatable bonds is 6. The molecule has 0 aromatic heterocycles. The van der Waals surface area contributed by atoms with Crippen molar-refractivity contribution in [3.8, 4) is 11.5 Å². The number of para-hydroxylation sites is 1. The summed E-state index contributed by atoms with van der Waals surface area (Å²) in [5.41, 5.74) is 0.991. The zero-order valence-electron chi connectivity index (χ0n) is 14.4. The predicted molar refractivity (Wildman–Crippen MR) is 112 cm³/mol. The molecule has 1 saturated heterocycles. The molecular weight excluding hydrogens is 424 g/mol. The van der Waals surface area contributed by atoms with Crippen LogP contribution in [0.5, 0.6) is 11.5 Å². The van der Waals surface area contributed by atoms with Crippen LogP contribution in [0.2, 0.25) is 5.02 Å². The molecule has 2 aromatic rings. The van der Waals surface area contributed by atoms with Crippen molar-refractivity contribution in [3.05, 3.63) is 67.6 Å². The summed E-state index contributed by atoms with van der Waals surface area (Å²) >= 11 is 12.5. The summed E-state index contributed by atoms with van der Waals surface area (Å²) in [4.78, 5) is 22.9. The Kier molecular flexibility index (Phi) is 6.18. The van der Waals surface area contributed by atoms with Gasteiger partial charge in [0.25, 0.3) is 11.6 Å². The maximum Gasteiger partial charge on any atom is 0.276 e. The van der Waals surface area contributed by atoms with E-state index in [2.05, 4.69) is 5.32 Å². The number of nitrogens with one attached hydrogen (secondary N) is 1. The first-order valence-electron chi connectivity index (χ1n) is 7.86. The first-order chi connectivity index (χ1) is 13.4. The van der Waals surface area contributed by atoms with E-state index in [0.29, 0.717) is 26.1 Å². The van der Waals surface area contributed by atoms with Crippen LogP contribution in [0.3, 0.4) is 0 Å². The van der Waals surface area contributed by atoms with Gasteiger partial charge in [0, 0.05) is 6.07 Å². The molecule has 3 rings (SSSR count). The van der Waals surface area contributed by atoms with Crippen molar-refractivity contribution in [1.82, 2.24) is 5.32 Å². The van der Waals surface area contributed by atoms with Crippen LogP contribution in [-0.4, -0.2) is 22.3 Å². The van der Waals surface area contributed by atoms with E-state index in [1.807, 2.05) is 0 Å². The molecule has 0 atom stereocenters. The maximum absolute atomic E-state index is 11.8. The Hall–Kier alpha value is -2.62. The molecule has 0 unspecified atom stereocenters. The number of nitro benzene ring substituents is 1. The number of hydrogen-bond donors (Lipinski definition) is 1. The molecule has 1 N–H and O–H groups in total. The third-order valence-corrected chi connectivity index (χ3v) is 5.20. The molecule has 0 radical (unpaired) electrons. The smallest absolute Gasteiger partial charge is 0.276 e. The topological polar surface area (TPSA) is 90.7 Å². The van der Waals surface area contributed by atoms with Gasteiger partial charge in [-0.05, 0) is 29.8 Å². The van der Waals surface area contributed by atoms with Crippen LogP contribution in [0, 0.1) is 10.1 Å². The van der Waals surface area contributed by atoms with E-state index in [1.54, 1.807) is 36.4 Å². The second-order valence-corrected chi connectivity index (χ2v) is 7.69. The van der Waals surface area contributed by atoms with Gasteiger partial charge in [-0.3, -0.25) is 14.9 Å². The summed E-state index contributed by atoms with van der Waals surface area (Å²) < 4.78 is 11.4. The van der Waals surface area contributed by atoms with E-state index in [-0.39, 0.29) is 29.0 Å². The van der Waals surface area contributed by atoms with Crippen molar-refractivity contribution in [2.24, 2.45) is 0 Å². The van der Waals surface area contributed by atoms with Crippen molar-refractivity contribution in [2.45, 2.75) is 6.61 Å². The van der Waals surface area contributed by atoms with Gasteiger partial charge in [-0.25, -0.2) is 0 Å². The van der Waals surface area contributed by atoms with E-state index < -0.39 is 4.92 Å². The fourth-order valence-electron chi connectivity index (χ4n) is 2.50. The standard InChI is InChI=1S/C18H13ClN2O5S2/c1-25-14-7-10(8-15-17(22)20-18(27)28-15)6-12(19)16(14)26-9-11-4-2-3-5-13(11)21(23)24/h2-8H,9H2,1H3,(H,20,22,27)/b15-8-. The SMILES string of the molecule is COc1cc(/C=C2\SC(=S)NC2=O)cc(Cl)c1OCc1ccccc1[N+](=O)[O-]. The van der Waals surface area contributed by atoms with Gasteiger partial charge >= 0.3 is 0 Å². The highest BCUT2D eigenvalue weighted by atomic mass is 35.5. The number of ether oxygens (including phenoxy) is 2. The fourth-order valence-corrected chi connectivity index (χ4v) is 3.81. The Balaban J connectivity index is 1.87. The highest BCUT2D eigenvalue weighted by molar-refractivity contribution is 8.26. The molecule has 10 heteroatoms. The van der Waals surface area contributed by atoms with Crippen molar-refractivity contribution >= 4 is 57.6 Å². The second kappa shape index (κ2) is 8.59. The lowest BCUT2D eigenvalue weighted by Crippen LogP contribution is -2.17. The number of halogens is 1. The Bertz CT molecular complexity index is 1010. The number of nitrogens with zero attached hydrogens (tertiary/aromatic N) is 1. The van der Waals surface area contributed by atoms with Crippen molar-refractivity contribution < 1.29 is 19.2 Å². The predicted octanol–water partition coefficient (Wildman–Crippen LogP) is 4.32. The summed E-state index contributed by atoms with van der Waals surface area (Å²) in [7, 11) is 1.45. The number of thiocarbonyl (C=S) groups is 1. The molecule has 1 aliphatic rings. The lowest BCUT2D eigenvalue weighted by Gasteiger charge is -2.13. The van der Waals surface area contributed by atoms with Gasteiger partial charge < -0.3 is 14.8 Å². The number of amides is 1. The van der Waals surface area contributed by atoms with Gasteiger partial charge in [-0.2, -0.15) is 0 Å². The van der Waals surface area contributed by atoms with Crippen LogP contribution in [0.4, 0.5) is 5.69 Å². The minimum atomic E-state index is -0.471. The largest absolute Gasteiger partial charge is 0.493 e. The summed E-state index contributed by atoms with van der Waals surface area (Å²) in [5.74, 6) is 0.314. The first kappa shape index (κ1) is 20.1. The lowest BCUT2D eigenvalue weighted by atomic mass is 10.1. The summed E-state index contributed by atoms with van der Waals surface area (Å²) in [6, 6.07) is 9.55. The molecule has 1 fully saturated rings. The molecule has 2 aromatic carbocycles. The van der Waals surface area contributed by atoms with Crippen LogP contribution < -0.4 is 14.8 Å². The third kappa shape index (κ3) is 4.44. The molecule has 1 amide bonds.